The first-order valence-corrected chi connectivity index (χ1v) is 4.33. The van der Waals surface area contributed by atoms with Gasteiger partial charge in [0.1, 0.15) is 5.69 Å². The average Bonchev–Trinajstić information content (AvgIpc) is 2.62. The van der Waals surface area contributed by atoms with E-state index in [1.165, 1.54) is 11.3 Å². The third-order valence-electron chi connectivity index (χ3n) is 1.61. The summed E-state index contributed by atoms with van der Waals surface area (Å²) in [6, 6.07) is 0. The van der Waals surface area contributed by atoms with E-state index in [1.54, 1.807) is 17.6 Å². The molecule has 2 aromatic heterocycles. The minimum Gasteiger partial charge on any atom is -0.354 e. The SMILES string of the molecule is CNC(=O)c1cnc2sccn12. The van der Waals surface area contributed by atoms with Gasteiger partial charge in [0, 0.05) is 18.6 Å². The molecule has 1 N–H and O–H groups in total. The number of fused-ring (bicyclic) bond motifs is 1. The average molecular weight is 181 g/mol. The summed E-state index contributed by atoms with van der Waals surface area (Å²) < 4.78 is 1.77. The van der Waals surface area contributed by atoms with Crippen LogP contribution in [0.4, 0.5) is 0 Å². The minimum absolute atomic E-state index is 0.110. The van der Waals surface area contributed by atoms with E-state index in [-0.39, 0.29) is 5.91 Å². The fourth-order valence-corrected chi connectivity index (χ4v) is 1.71. The predicted molar refractivity (Wildman–Crippen MR) is 46.5 cm³/mol. The lowest BCUT2D eigenvalue weighted by molar-refractivity contribution is 0.0957. The molecule has 2 rings (SSSR count). The van der Waals surface area contributed by atoms with E-state index in [0.717, 1.165) is 4.96 Å². The maximum atomic E-state index is 11.2. The number of nitrogens with zero attached hydrogens (tertiary/aromatic N) is 2. The summed E-state index contributed by atoms with van der Waals surface area (Å²) >= 11 is 1.51. The van der Waals surface area contributed by atoms with E-state index >= 15 is 0 Å². The second-order valence-corrected chi connectivity index (χ2v) is 3.15. The molecule has 0 aromatic carbocycles. The van der Waals surface area contributed by atoms with Crippen LogP contribution in [0.3, 0.4) is 0 Å². The highest BCUT2D eigenvalue weighted by atomic mass is 32.1. The molecule has 0 unspecified atom stereocenters. The van der Waals surface area contributed by atoms with Gasteiger partial charge in [0.25, 0.3) is 5.91 Å². The predicted octanol–water partition coefficient (Wildman–Crippen LogP) is 0.755. The lowest BCUT2D eigenvalue weighted by Gasteiger charge is -1.94. The smallest absolute Gasteiger partial charge is 0.269 e. The largest absolute Gasteiger partial charge is 0.354 e. The molecule has 2 aromatic rings. The Labute approximate surface area is 72.9 Å². The zero-order chi connectivity index (χ0) is 8.55. The van der Waals surface area contributed by atoms with Crippen molar-refractivity contribution < 1.29 is 4.79 Å². The number of carbonyl (C=O) groups is 1. The summed E-state index contributed by atoms with van der Waals surface area (Å²) in [6.07, 6.45) is 3.40. The Morgan fingerprint density at radius 1 is 1.75 bits per heavy atom. The second-order valence-electron chi connectivity index (χ2n) is 2.28. The molecule has 0 radical (unpaired) electrons. The van der Waals surface area contributed by atoms with Gasteiger partial charge in [-0.15, -0.1) is 11.3 Å². The van der Waals surface area contributed by atoms with Crippen molar-refractivity contribution in [3.8, 4) is 0 Å². The summed E-state index contributed by atoms with van der Waals surface area (Å²) in [4.78, 5) is 16.1. The van der Waals surface area contributed by atoms with Crippen LogP contribution in [0.15, 0.2) is 17.8 Å². The van der Waals surface area contributed by atoms with E-state index in [9.17, 15) is 4.79 Å². The summed E-state index contributed by atoms with van der Waals surface area (Å²) in [6.45, 7) is 0. The highest BCUT2D eigenvalue weighted by Crippen LogP contribution is 2.11. The van der Waals surface area contributed by atoms with Gasteiger partial charge in [-0.25, -0.2) is 4.98 Å². The van der Waals surface area contributed by atoms with Gasteiger partial charge >= 0.3 is 0 Å². The quantitative estimate of drug-likeness (QED) is 0.705. The fraction of sp³-hybridized carbons (Fsp3) is 0.143. The topological polar surface area (TPSA) is 46.4 Å². The number of hydrogen-bond donors (Lipinski definition) is 1. The first-order valence-electron chi connectivity index (χ1n) is 3.45. The van der Waals surface area contributed by atoms with Crippen molar-refractivity contribution in [1.82, 2.24) is 14.7 Å². The van der Waals surface area contributed by atoms with Crippen molar-refractivity contribution in [3.05, 3.63) is 23.5 Å². The van der Waals surface area contributed by atoms with Crippen LogP contribution in [0.25, 0.3) is 4.96 Å². The lowest BCUT2D eigenvalue weighted by Crippen LogP contribution is -2.19. The Bertz CT molecular complexity index is 417. The van der Waals surface area contributed by atoms with Crippen LogP contribution in [-0.2, 0) is 0 Å². The number of nitrogens with one attached hydrogen (secondary N) is 1. The van der Waals surface area contributed by atoms with E-state index in [2.05, 4.69) is 10.3 Å². The van der Waals surface area contributed by atoms with Crippen LogP contribution < -0.4 is 5.32 Å². The van der Waals surface area contributed by atoms with E-state index in [1.807, 2.05) is 11.6 Å². The third-order valence-corrected chi connectivity index (χ3v) is 2.38. The number of rotatable bonds is 1. The van der Waals surface area contributed by atoms with Gasteiger partial charge in [0.2, 0.25) is 0 Å². The van der Waals surface area contributed by atoms with Crippen LogP contribution in [0.2, 0.25) is 0 Å². The zero-order valence-corrected chi connectivity index (χ0v) is 7.26. The number of amides is 1. The van der Waals surface area contributed by atoms with Crippen LogP contribution in [-0.4, -0.2) is 22.3 Å². The summed E-state index contributed by atoms with van der Waals surface area (Å²) in [5.74, 6) is -0.110. The molecule has 4 nitrogen and oxygen atoms in total. The lowest BCUT2D eigenvalue weighted by atomic mass is 10.4. The zero-order valence-electron chi connectivity index (χ0n) is 6.44. The third kappa shape index (κ3) is 0.902. The monoisotopic (exact) mass is 181 g/mol. The highest BCUT2D eigenvalue weighted by molar-refractivity contribution is 7.15. The standard InChI is InChI=1S/C7H7N3OS/c1-8-6(11)5-4-9-7-10(5)2-3-12-7/h2-4H,1H3,(H,8,11). The van der Waals surface area contributed by atoms with Gasteiger partial charge in [0.15, 0.2) is 4.96 Å². The van der Waals surface area contributed by atoms with E-state index < -0.39 is 0 Å². The van der Waals surface area contributed by atoms with Crippen molar-refractivity contribution in [2.24, 2.45) is 0 Å². The normalized spacial score (nSPS) is 10.4. The van der Waals surface area contributed by atoms with Gasteiger partial charge in [-0.1, -0.05) is 0 Å². The Hall–Kier alpha value is -1.36. The minimum atomic E-state index is -0.110. The first-order chi connectivity index (χ1) is 5.83. The van der Waals surface area contributed by atoms with Crippen molar-refractivity contribution in [3.63, 3.8) is 0 Å². The molecule has 5 heteroatoms. The molecule has 0 aliphatic carbocycles. The van der Waals surface area contributed by atoms with Gasteiger partial charge in [-0.2, -0.15) is 0 Å². The molecule has 0 spiro atoms. The molecule has 0 aliphatic rings. The molecule has 1 amide bonds. The van der Waals surface area contributed by atoms with Crippen LogP contribution in [0.1, 0.15) is 10.5 Å². The maximum Gasteiger partial charge on any atom is 0.269 e. The molecular formula is C7H7N3OS. The summed E-state index contributed by atoms with van der Waals surface area (Å²) in [5.41, 5.74) is 0.578. The molecular weight excluding hydrogens is 174 g/mol. The summed E-state index contributed by atoms with van der Waals surface area (Å²) in [5, 5.41) is 4.45. The molecule has 0 saturated carbocycles. The van der Waals surface area contributed by atoms with Gasteiger partial charge in [0.05, 0.1) is 6.20 Å². The summed E-state index contributed by atoms with van der Waals surface area (Å²) in [7, 11) is 1.61. The van der Waals surface area contributed by atoms with Gasteiger partial charge in [-0.3, -0.25) is 9.20 Å². The number of hydrogen-bond acceptors (Lipinski definition) is 3. The molecule has 0 aliphatic heterocycles. The Balaban J connectivity index is 2.61. The Morgan fingerprint density at radius 3 is 3.33 bits per heavy atom. The number of thiazole rings is 1. The molecule has 62 valence electrons. The molecule has 0 fully saturated rings. The van der Waals surface area contributed by atoms with E-state index in [0.29, 0.717) is 5.69 Å². The maximum absolute atomic E-state index is 11.2. The molecule has 0 saturated heterocycles. The van der Waals surface area contributed by atoms with Gasteiger partial charge < -0.3 is 5.32 Å². The van der Waals surface area contributed by atoms with Crippen LogP contribution >= 0.6 is 11.3 Å². The Morgan fingerprint density at radius 2 is 2.58 bits per heavy atom. The number of imidazole rings is 1. The highest BCUT2D eigenvalue weighted by Gasteiger charge is 2.09. The van der Waals surface area contributed by atoms with Crippen molar-refractivity contribution in [1.29, 1.82) is 0 Å². The second kappa shape index (κ2) is 2.60. The van der Waals surface area contributed by atoms with Crippen molar-refractivity contribution >= 4 is 22.2 Å². The molecule has 12 heavy (non-hydrogen) atoms. The Kier molecular flexibility index (Phi) is 1.58. The van der Waals surface area contributed by atoms with Crippen molar-refractivity contribution in [2.45, 2.75) is 0 Å². The number of carbonyl (C=O) groups excluding carboxylic acids is 1. The van der Waals surface area contributed by atoms with E-state index in [4.69, 9.17) is 0 Å². The molecule has 0 atom stereocenters. The van der Waals surface area contributed by atoms with Gasteiger partial charge in [-0.05, 0) is 0 Å². The first kappa shape index (κ1) is 7.30. The fourth-order valence-electron chi connectivity index (χ4n) is 1.02. The van der Waals surface area contributed by atoms with Crippen LogP contribution in [0, 0.1) is 0 Å². The van der Waals surface area contributed by atoms with Crippen molar-refractivity contribution in [2.75, 3.05) is 7.05 Å². The molecule has 0 bridgehead atoms. The molecule has 2 heterocycles. The van der Waals surface area contributed by atoms with Crippen LogP contribution in [0.5, 0.6) is 0 Å². The number of aromatic nitrogens is 2.